The highest BCUT2D eigenvalue weighted by Crippen LogP contribution is 2.47. The third-order valence-electron chi connectivity index (χ3n) is 6.03. The summed E-state index contributed by atoms with van der Waals surface area (Å²) in [6.45, 7) is 13.2. The molecule has 0 fully saturated rings. The number of nitrogens with zero attached hydrogens (tertiary/aromatic N) is 1. The number of rotatable bonds is 4. The second-order valence-electron chi connectivity index (χ2n) is 8.62. The number of aromatic nitrogens is 1. The van der Waals surface area contributed by atoms with Crippen molar-refractivity contribution in [2.45, 2.75) is 71.8 Å². The first-order chi connectivity index (χ1) is 14.2. The molecule has 0 amide bonds. The number of pyridine rings is 1. The summed E-state index contributed by atoms with van der Waals surface area (Å²) in [6, 6.07) is 7.73. The summed E-state index contributed by atoms with van der Waals surface area (Å²) in [4.78, 5) is 16.0. The molecule has 0 saturated heterocycles. The second kappa shape index (κ2) is 8.52. The van der Waals surface area contributed by atoms with Gasteiger partial charge in [0.2, 0.25) is 0 Å². The third-order valence-corrected chi connectivity index (χ3v) is 6.03. The minimum absolute atomic E-state index is 0.0171. The lowest BCUT2D eigenvalue weighted by Gasteiger charge is -2.45. The molecule has 30 heavy (non-hydrogen) atoms. The molecule has 0 unspecified atom stereocenters. The molecular weight excluding hydrogens is 374 g/mol. The molecule has 1 aliphatic heterocycles. The average Bonchev–Trinajstić information content (AvgIpc) is 2.72. The molecule has 2 aromatic rings. The Morgan fingerprint density at radius 2 is 1.90 bits per heavy atom. The summed E-state index contributed by atoms with van der Waals surface area (Å²) in [7, 11) is 0. The van der Waals surface area contributed by atoms with Gasteiger partial charge in [0.05, 0.1) is 12.2 Å². The van der Waals surface area contributed by atoms with E-state index >= 15 is 0 Å². The van der Waals surface area contributed by atoms with Crippen molar-refractivity contribution in [1.82, 2.24) is 4.98 Å². The van der Waals surface area contributed by atoms with E-state index in [1.807, 2.05) is 0 Å². The molecule has 2 heterocycles. The monoisotopic (exact) mass is 405 g/mol. The zero-order valence-electron chi connectivity index (χ0n) is 18.9. The first kappa shape index (κ1) is 21.9. The first-order valence-corrected chi connectivity index (χ1v) is 10.7. The van der Waals surface area contributed by atoms with Crippen LogP contribution in [0.3, 0.4) is 0 Å². The van der Waals surface area contributed by atoms with Gasteiger partial charge in [-0.1, -0.05) is 33.6 Å². The summed E-state index contributed by atoms with van der Waals surface area (Å²) in [5.74, 6) is 6.99. The molecule has 0 spiro atoms. The Kier molecular flexibility index (Phi) is 6.22. The van der Waals surface area contributed by atoms with Crippen molar-refractivity contribution in [2.24, 2.45) is 0 Å². The van der Waals surface area contributed by atoms with Crippen LogP contribution in [0.2, 0.25) is 0 Å². The van der Waals surface area contributed by atoms with E-state index in [2.05, 4.69) is 63.6 Å². The molecule has 0 atom stereocenters. The lowest BCUT2D eigenvalue weighted by Crippen LogP contribution is -2.45. The van der Waals surface area contributed by atoms with Gasteiger partial charge in [-0.25, -0.2) is 9.78 Å². The highest BCUT2D eigenvalue weighted by Gasteiger charge is 2.42. The van der Waals surface area contributed by atoms with E-state index in [1.165, 1.54) is 11.8 Å². The Morgan fingerprint density at radius 1 is 1.17 bits per heavy atom. The van der Waals surface area contributed by atoms with Gasteiger partial charge in [-0.3, -0.25) is 0 Å². The van der Waals surface area contributed by atoms with Gasteiger partial charge >= 0.3 is 5.97 Å². The molecule has 0 bridgehead atoms. The van der Waals surface area contributed by atoms with Crippen LogP contribution < -0.4 is 4.74 Å². The summed E-state index contributed by atoms with van der Waals surface area (Å²) in [5.41, 5.74) is 4.24. The maximum atomic E-state index is 11.8. The van der Waals surface area contributed by atoms with Crippen molar-refractivity contribution in [2.75, 3.05) is 6.61 Å². The number of carbonyl (C=O) groups is 1. The lowest BCUT2D eigenvalue weighted by atomic mass is 9.70. The van der Waals surface area contributed by atoms with Gasteiger partial charge in [0.1, 0.15) is 17.0 Å². The van der Waals surface area contributed by atoms with Gasteiger partial charge in [0.15, 0.2) is 0 Å². The molecule has 0 aliphatic carbocycles. The van der Waals surface area contributed by atoms with Gasteiger partial charge in [-0.15, -0.1) is 0 Å². The van der Waals surface area contributed by atoms with Crippen molar-refractivity contribution < 1.29 is 14.3 Å². The molecule has 4 heteroatoms. The van der Waals surface area contributed by atoms with Crippen LogP contribution in [0.25, 0.3) is 0 Å². The number of fused-ring (bicyclic) bond motifs is 1. The number of hydrogen-bond donors (Lipinski definition) is 0. The Hall–Kier alpha value is -2.80. The fourth-order valence-electron chi connectivity index (χ4n) is 4.18. The number of benzene rings is 1. The number of esters is 1. The summed E-state index contributed by atoms with van der Waals surface area (Å²) in [6.07, 6.45) is 4.50. The fraction of sp³-hybridized carbons (Fsp3) is 0.462. The van der Waals surface area contributed by atoms with Crippen LogP contribution in [-0.2, 0) is 10.2 Å². The van der Waals surface area contributed by atoms with Crippen molar-refractivity contribution in [3.63, 3.8) is 0 Å². The summed E-state index contributed by atoms with van der Waals surface area (Å²) >= 11 is 0. The van der Waals surface area contributed by atoms with Crippen LogP contribution in [0.4, 0.5) is 0 Å². The van der Waals surface area contributed by atoms with Crippen molar-refractivity contribution >= 4 is 5.97 Å². The quantitative estimate of drug-likeness (QED) is 0.492. The van der Waals surface area contributed by atoms with E-state index in [-0.39, 0.29) is 17.0 Å². The van der Waals surface area contributed by atoms with E-state index in [9.17, 15) is 4.79 Å². The van der Waals surface area contributed by atoms with Gasteiger partial charge in [0, 0.05) is 17.3 Å². The molecule has 158 valence electrons. The van der Waals surface area contributed by atoms with E-state index in [4.69, 9.17) is 9.47 Å². The number of hydrogen-bond acceptors (Lipinski definition) is 4. The van der Waals surface area contributed by atoms with E-state index in [0.717, 1.165) is 36.1 Å². The lowest BCUT2D eigenvalue weighted by molar-refractivity contribution is 0.0117. The zero-order valence-corrected chi connectivity index (χ0v) is 18.9. The Bertz CT molecular complexity index is 989. The minimum Gasteiger partial charge on any atom is -0.487 e. The van der Waals surface area contributed by atoms with Gasteiger partial charge in [-0.2, -0.15) is 0 Å². The molecule has 0 N–H and O–H groups in total. The van der Waals surface area contributed by atoms with Crippen LogP contribution in [0.15, 0.2) is 30.5 Å². The van der Waals surface area contributed by atoms with E-state index in [1.54, 1.807) is 19.1 Å². The van der Waals surface area contributed by atoms with Crippen molar-refractivity contribution in [1.29, 1.82) is 0 Å². The molecule has 4 nitrogen and oxygen atoms in total. The first-order valence-electron chi connectivity index (χ1n) is 10.7. The second-order valence-corrected chi connectivity index (χ2v) is 8.62. The largest absolute Gasteiger partial charge is 0.487 e. The molecule has 3 rings (SSSR count). The molecule has 1 aliphatic rings. The van der Waals surface area contributed by atoms with E-state index < -0.39 is 0 Å². The molecule has 1 aromatic heterocycles. The van der Waals surface area contributed by atoms with Crippen LogP contribution in [0.5, 0.6) is 5.75 Å². The Labute approximate surface area is 180 Å². The van der Waals surface area contributed by atoms with E-state index in [0.29, 0.717) is 17.9 Å². The van der Waals surface area contributed by atoms with Crippen LogP contribution in [0, 0.1) is 18.8 Å². The number of carbonyl (C=O) groups excluding carboxylic acids is 1. The summed E-state index contributed by atoms with van der Waals surface area (Å²) < 4.78 is 11.5. The van der Waals surface area contributed by atoms with Gasteiger partial charge in [0.25, 0.3) is 0 Å². The molecule has 1 aromatic carbocycles. The van der Waals surface area contributed by atoms with Crippen molar-refractivity contribution in [3.05, 3.63) is 58.4 Å². The van der Waals surface area contributed by atoms with Gasteiger partial charge in [-0.05, 0) is 74.3 Å². The molecule has 0 saturated carbocycles. The maximum absolute atomic E-state index is 11.8. The smallest absolute Gasteiger partial charge is 0.339 e. The third kappa shape index (κ3) is 4.36. The standard InChI is InChI=1S/C26H31NO3/c1-7-26(8-2)17-25(5,6)22-15-19(18(4)14-23(22)30-26)10-12-21-13-11-20(16-27-21)24(28)29-9-3/h11,13-16H,7-9,17H2,1-6H3. The topological polar surface area (TPSA) is 48.4 Å². The number of aryl methyl sites for hydroxylation is 1. The number of ether oxygens (including phenoxy) is 2. The maximum Gasteiger partial charge on any atom is 0.339 e. The Morgan fingerprint density at radius 3 is 2.50 bits per heavy atom. The average molecular weight is 406 g/mol. The van der Waals surface area contributed by atoms with Gasteiger partial charge < -0.3 is 9.47 Å². The van der Waals surface area contributed by atoms with Crippen LogP contribution in [0.1, 0.15) is 86.6 Å². The SMILES string of the molecule is CCOC(=O)c1ccc(C#Cc2cc3c(cc2C)OC(CC)(CC)CC3(C)C)nc1. The molecular formula is C26H31NO3. The Balaban J connectivity index is 1.91. The zero-order chi connectivity index (χ0) is 21.9. The molecule has 0 radical (unpaired) electrons. The van der Waals surface area contributed by atoms with Crippen LogP contribution in [-0.4, -0.2) is 23.2 Å². The minimum atomic E-state index is -0.368. The normalized spacial score (nSPS) is 15.9. The summed E-state index contributed by atoms with van der Waals surface area (Å²) in [5, 5.41) is 0. The predicted octanol–water partition coefficient (Wildman–Crippen LogP) is 5.59. The fourth-order valence-corrected chi connectivity index (χ4v) is 4.18. The van der Waals surface area contributed by atoms with Crippen molar-refractivity contribution in [3.8, 4) is 17.6 Å². The highest BCUT2D eigenvalue weighted by atomic mass is 16.5. The highest BCUT2D eigenvalue weighted by molar-refractivity contribution is 5.89. The van der Waals surface area contributed by atoms with Crippen LogP contribution >= 0.6 is 0 Å². The predicted molar refractivity (Wildman–Crippen MR) is 119 cm³/mol.